The van der Waals surface area contributed by atoms with E-state index >= 15 is 0 Å². The molecule has 2 nitrogen and oxygen atoms in total. The predicted molar refractivity (Wildman–Crippen MR) is 186 cm³/mol. The molecule has 9 rings (SSSR count). The Hall–Kier alpha value is -5.86. The van der Waals surface area contributed by atoms with Crippen LogP contribution in [-0.4, -0.2) is 0 Å². The van der Waals surface area contributed by atoms with Gasteiger partial charge in [0.2, 0.25) is 0 Å². The number of hydrogen-bond donors (Lipinski definition) is 0. The van der Waals surface area contributed by atoms with Crippen LogP contribution in [-0.2, 0) is 0 Å². The molecule has 8 aromatic carbocycles. The van der Waals surface area contributed by atoms with Crippen LogP contribution in [0.5, 0.6) is 0 Å². The van der Waals surface area contributed by atoms with Gasteiger partial charge in [-0.15, -0.1) is 0 Å². The number of fused-ring (bicyclic) bond motifs is 8. The molecule has 0 spiro atoms. The molecule has 0 saturated carbocycles. The van der Waals surface area contributed by atoms with Gasteiger partial charge in [-0.05, 0) is 85.9 Å². The van der Waals surface area contributed by atoms with Gasteiger partial charge in [-0.25, -0.2) is 0 Å². The van der Waals surface area contributed by atoms with Crippen LogP contribution in [0.4, 0.5) is 17.1 Å². The summed E-state index contributed by atoms with van der Waals surface area (Å²) in [7, 11) is 0. The molecule has 0 N–H and O–H groups in total. The molecule has 0 bridgehead atoms. The summed E-state index contributed by atoms with van der Waals surface area (Å²) in [6.07, 6.45) is 0. The maximum absolute atomic E-state index is 6.49. The van der Waals surface area contributed by atoms with Gasteiger partial charge in [-0.1, -0.05) is 115 Å². The van der Waals surface area contributed by atoms with Crippen LogP contribution in [0.1, 0.15) is 0 Å². The summed E-state index contributed by atoms with van der Waals surface area (Å²) in [4.78, 5) is 2.33. The van der Waals surface area contributed by atoms with Crippen molar-refractivity contribution in [3.63, 3.8) is 0 Å². The third-order valence-corrected chi connectivity index (χ3v) is 8.82. The lowest BCUT2D eigenvalue weighted by Crippen LogP contribution is -2.09. The van der Waals surface area contributed by atoms with Gasteiger partial charge in [0.15, 0.2) is 0 Å². The second kappa shape index (κ2) is 9.86. The number of furan rings is 1. The first-order chi connectivity index (χ1) is 21.8. The molecule has 0 unspecified atom stereocenters. The summed E-state index contributed by atoms with van der Waals surface area (Å²) in [5, 5.41) is 9.72. The number of benzene rings is 8. The molecule has 0 fully saturated rings. The monoisotopic (exact) mass is 561 g/mol. The first-order valence-electron chi connectivity index (χ1n) is 15.0. The molecule has 0 saturated heterocycles. The molecule has 1 heterocycles. The first-order valence-corrected chi connectivity index (χ1v) is 15.0. The highest BCUT2D eigenvalue weighted by Gasteiger charge is 2.17. The molecule has 0 aliphatic carbocycles. The van der Waals surface area contributed by atoms with E-state index in [0.717, 1.165) is 33.6 Å². The van der Waals surface area contributed by atoms with Crippen LogP contribution in [0, 0.1) is 0 Å². The highest BCUT2D eigenvalue weighted by atomic mass is 16.3. The Morgan fingerprint density at radius 1 is 0.341 bits per heavy atom. The van der Waals surface area contributed by atoms with E-state index in [9.17, 15) is 0 Å². The summed E-state index contributed by atoms with van der Waals surface area (Å²) in [5.74, 6) is 0. The molecule has 9 aromatic rings. The quantitative estimate of drug-likeness (QED) is 0.199. The fourth-order valence-electron chi connectivity index (χ4n) is 6.69. The van der Waals surface area contributed by atoms with Gasteiger partial charge in [0.1, 0.15) is 11.2 Å². The molecule has 0 aliphatic heterocycles. The zero-order valence-electron chi connectivity index (χ0n) is 23.9. The Balaban J connectivity index is 1.23. The molecule has 0 amide bonds. The lowest BCUT2D eigenvalue weighted by molar-refractivity contribution is 0.669. The van der Waals surface area contributed by atoms with Crippen molar-refractivity contribution < 1.29 is 4.42 Å². The van der Waals surface area contributed by atoms with Gasteiger partial charge in [0.05, 0.1) is 0 Å². The minimum Gasteiger partial charge on any atom is -0.456 e. The van der Waals surface area contributed by atoms with E-state index in [2.05, 4.69) is 169 Å². The normalized spacial score (nSPS) is 11.6. The van der Waals surface area contributed by atoms with Crippen LogP contribution in [0.3, 0.4) is 0 Å². The average Bonchev–Trinajstić information content (AvgIpc) is 3.47. The van der Waals surface area contributed by atoms with Gasteiger partial charge < -0.3 is 9.32 Å². The van der Waals surface area contributed by atoms with E-state index in [4.69, 9.17) is 4.42 Å². The van der Waals surface area contributed by atoms with Gasteiger partial charge in [-0.2, -0.15) is 0 Å². The third kappa shape index (κ3) is 3.96. The topological polar surface area (TPSA) is 16.4 Å². The van der Waals surface area contributed by atoms with Crippen LogP contribution in [0.25, 0.3) is 65.4 Å². The first kappa shape index (κ1) is 24.7. The van der Waals surface area contributed by atoms with E-state index in [1.807, 2.05) is 0 Å². The van der Waals surface area contributed by atoms with Crippen molar-refractivity contribution in [3.05, 3.63) is 164 Å². The van der Waals surface area contributed by atoms with Crippen molar-refractivity contribution in [2.24, 2.45) is 0 Å². The Kier molecular flexibility index (Phi) is 5.54. The van der Waals surface area contributed by atoms with Gasteiger partial charge >= 0.3 is 0 Å². The predicted octanol–water partition coefficient (Wildman–Crippen LogP) is 12.2. The zero-order chi connectivity index (χ0) is 29.0. The standard InChI is InChI=1S/C42H27NO/c1-2-8-28(9-3-1)29-16-19-33(20-17-29)43(34-21-23-37-32(26-34)15-14-30-10-4-6-12-36(30)37)35-22-24-39-41(27-35)44-40-25-18-31-11-5-7-13-38(31)42(39)40/h1-27H. The van der Waals surface area contributed by atoms with Crippen LogP contribution in [0.2, 0.25) is 0 Å². The van der Waals surface area contributed by atoms with Gasteiger partial charge in [0, 0.05) is 33.9 Å². The minimum atomic E-state index is 0.881. The van der Waals surface area contributed by atoms with E-state index in [1.54, 1.807) is 0 Å². The molecule has 0 atom stereocenters. The van der Waals surface area contributed by atoms with Crippen molar-refractivity contribution in [1.29, 1.82) is 0 Å². The van der Waals surface area contributed by atoms with Crippen molar-refractivity contribution in [3.8, 4) is 11.1 Å². The van der Waals surface area contributed by atoms with E-state index < -0.39 is 0 Å². The van der Waals surface area contributed by atoms with Crippen molar-refractivity contribution in [2.75, 3.05) is 4.90 Å². The summed E-state index contributed by atoms with van der Waals surface area (Å²) in [6.45, 7) is 0. The highest BCUT2D eigenvalue weighted by molar-refractivity contribution is 6.19. The summed E-state index contributed by atoms with van der Waals surface area (Å²) in [6, 6.07) is 58.5. The Morgan fingerprint density at radius 2 is 0.909 bits per heavy atom. The Labute approximate surface area is 255 Å². The lowest BCUT2D eigenvalue weighted by Gasteiger charge is -2.26. The highest BCUT2D eigenvalue weighted by Crippen LogP contribution is 2.41. The molecule has 44 heavy (non-hydrogen) atoms. The number of anilines is 3. The molecular weight excluding hydrogens is 534 g/mol. The van der Waals surface area contributed by atoms with Crippen molar-refractivity contribution >= 4 is 71.3 Å². The molecule has 0 aliphatic rings. The fourth-order valence-corrected chi connectivity index (χ4v) is 6.69. The van der Waals surface area contributed by atoms with Gasteiger partial charge in [0.25, 0.3) is 0 Å². The molecule has 0 radical (unpaired) electrons. The van der Waals surface area contributed by atoms with Crippen LogP contribution in [0.15, 0.2) is 168 Å². The third-order valence-electron chi connectivity index (χ3n) is 8.82. The summed E-state index contributed by atoms with van der Waals surface area (Å²) < 4.78 is 6.49. The largest absolute Gasteiger partial charge is 0.456 e. The van der Waals surface area contributed by atoms with Gasteiger partial charge in [-0.3, -0.25) is 0 Å². The van der Waals surface area contributed by atoms with E-state index in [-0.39, 0.29) is 0 Å². The fraction of sp³-hybridized carbons (Fsp3) is 0. The summed E-state index contributed by atoms with van der Waals surface area (Å²) in [5.41, 5.74) is 7.43. The molecule has 206 valence electrons. The smallest absolute Gasteiger partial charge is 0.137 e. The molecule has 1 aromatic heterocycles. The second-order valence-corrected chi connectivity index (χ2v) is 11.4. The average molecular weight is 562 g/mol. The maximum Gasteiger partial charge on any atom is 0.137 e. The number of rotatable bonds is 4. The molecule has 2 heteroatoms. The Bertz CT molecular complexity index is 2490. The zero-order valence-corrected chi connectivity index (χ0v) is 23.9. The molecular formula is C42H27NO. The number of nitrogens with zero attached hydrogens (tertiary/aromatic N) is 1. The number of hydrogen-bond acceptors (Lipinski definition) is 2. The second-order valence-electron chi connectivity index (χ2n) is 11.4. The Morgan fingerprint density at radius 3 is 1.73 bits per heavy atom. The summed E-state index contributed by atoms with van der Waals surface area (Å²) >= 11 is 0. The SMILES string of the molecule is c1ccc(-c2ccc(N(c3ccc4c(ccc5ccccc54)c3)c3ccc4c(c3)oc3ccc5ccccc5c34)cc2)cc1. The van der Waals surface area contributed by atoms with E-state index in [1.165, 1.54) is 48.8 Å². The minimum absolute atomic E-state index is 0.881. The van der Waals surface area contributed by atoms with Crippen LogP contribution >= 0.6 is 0 Å². The van der Waals surface area contributed by atoms with E-state index in [0.29, 0.717) is 0 Å². The maximum atomic E-state index is 6.49. The van der Waals surface area contributed by atoms with Crippen molar-refractivity contribution in [2.45, 2.75) is 0 Å². The van der Waals surface area contributed by atoms with Crippen LogP contribution < -0.4 is 4.90 Å². The lowest BCUT2D eigenvalue weighted by atomic mass is 10.0. The van der Waals surface area contributed by atoms with Crippen molar-refractivity contribution in [1.82, 2.24) is 0 Å².